The van der Waals surface area contributed by atoms with Crippen LogP contribution in [-0.4, -0.2) is 10.1 Å². The van der Waals surface area contributed by atoms with Crippen molar-refractivity contribution in [2.75, 3.05) is 0 Å². The van der Waals surface area contributed by atoms with E-state index in [0.717, 1.165) is 12.1 Å². The summed E-state index contributed by atoms with van der Waals surface area (Å²) in [4.78, 5) is 4.12. The first-order valence-electron chi connectivity index (χ1n) is 5.67. The Bertz CT molecular complexity index is 593. The molecule has 0 saturated heterocycles. The van der Waals surface area contributed by atoms with Crippen LogP contribution in [0.5, 0.6) is 0 Å². The zero-order valence-electron chi connectivity index (χ0n) is 10.2. The third-order valence-electron chi connectivity index (χ3n) is 2.74. The van der Waals surface area contributed by atoms with Gasteiger partial charge in [-0.2, -0.15) is 13.2 Å². The Morgan fingerprint density at radius 3 is 2.47 bits per heavy atom. The molecule has 2 aromatic rings. The van der Waals surface area contributed by atoms with Crippen molar-refractivity contribution in [2.45, 2.75) is 19.7 Å². The smallest absolute Gasteiger partial charge is 0.392 e. The molecular formula is C14H12F3NO. The number of aliphatic hydroxyl groups excluding tert-OH is 1. The van der Waals surface area contributed by atoms with Crippen molar-refractivity contribution in [1.29, 1.82) is 0 Å². The minimum Gasteiger partial charge on any atom is -0.392 e. The number of aliphatic hydroxyl groups is 1. The first kappa shape index (κ1) is 13.5. The van der Waals surface area contributed by atoms with E-state index in [2.05, 4.69) is 4.98 Å². The topological polar surface area (TPSA) is 33.1 Å². The number of aromatic nitrogens is 1. The first-order valence-corrected chi connectivity index (χ1v) is 5.67. The van der Waals surface area contributed by atoms with E-state index in [1.165, 1.54) is 6.92 Å². The van der Waals surface area contributed by atoms with Gasteiger partial charge in [0.2, 0.25) is 0 Å². The third-order valence-corrected chi connectivity index (χ3v) is 2.74. The third kappa shape index (κ3) is 2.93. The normalized spacial score (nSPS) is 11.6. The molecule has 19 heavy (non-hydrogen) atoms. The molecular weight excluding hydrogens is 255 g/mol. The highest BCUT2D eigenvalue weighted by atomic mass is 19.4. The lowest BCUT2D eigenvalue weighted by molar-refractivity contribution is -0.137. The van der Waals surface area contributed by atoms with Crippen LogP contribution in [0.25, 0.3) is 11.3 Å². The number of alkyl halides is 3. The number of pyridine rings is 1. The molecule has 1 aromatic carbocycles. The molecule has 0 aliphatic heterocycles. The fourth-order valence-corrected chi connectivity index (χ4v) is 1.88. The van der Waals surface area contributed by atoms with Crippen molar-refractivity contribution in [3.05, 3.63) is 53.2 Å². The van der Waals surface area contributed by atoms with Gasteiger partial charge in [-0.3, -0.25) is 4.98 Å². The zero-order chi connectivity index (χ0) is 14.0. The number of nitrogens with zero attached hydrogens (tertiary/aromatic N) is 1. The zero-order valence-corrected chi connectivity index (χ0v) is 10.2. The number of benzene rings is 1. The monoisotopic (exact) mass is 267 g/mol. The predicted molar refractivity (Wildman–Crippen MR) is 65.3 cm³/mol. The number of hydrogen-bond acceptors (Lipinski definition) is 2. The van der Waals surface area contributed by atoms with Crippen LogP contribution in [0.4, 0.5) is 13.2 Å². The van der Waals surface area contributed by atoms with Gasteiger partial charge >= 0.3 is 6.18 Å². The largest absolute Gasteiger partial charge is 0.416 e. The molecule has 5 heteroatoms. The Morgan fingerprint density at radius 1 is 1.16 bits per heavy atom. The van der Waals surface area contributed by atoms with E-state index >= 15 is 0 Å². The SMILES string of the molecule is Cc1cc(C(F)(F)F)cc(-c2ccccc2CO)n1. The molecule has 2 rings (SSSR count). The van der Waals surface area contributed by atoms with E-state index in [-0.39, 0.29) is 18.0 Å². The molecule has 0 radical (unpaired) electrons. The lowest BCUT2D eigenvalue weighted by Crippen LogP contribution is -2.07. The molecule has 0 aliphatic carbocycles. The quantitative estimate of drug-likeness (QED) is 0.902. The van der Waals surface area contributed by atoms with Crippen molar-refractivity contribution >= 4 is 0 Å². The molecule has 0 saturated carbocycles. The van der Waals surface area contributed by atoms with Crippen LogP contribution in [0.1, 0.15) is 16.8 Å². The van der Waals surface area contributed by atoms with E-state index < -0.39 is 11.7 Å². The maximum absolute atomic E-state index is 12.8. The second-order valence-electron chi connectivity index (χ2n) is 4.20. The Balaban J connectivity index is 2.60. The highest BCUT2D eigenvalue weighted by molar-refractivity contribution is 5.64. The van der Waals surface area contributed by atoms with Crippen LogP contribution >= 0.6 is 0 Å². The lowest BCUT2D eigenvalue weighted by atomic mass is 10.0. The Labute approximate surface area is 108 Å². The second kappa shape index (κ2) is 5.01. The van der Waals surface area contributed by atoms with Crippen molar-refractivity contribution in [3.8, 4) is 11.3 Å². The molecule has 1 N–H and O–H groups in total. The minimum atomic E-state index is -4.41. The van der Waals surface area contributed by atoms with Gasteiger partial charge in [0, 0.05) is 11.3 Å². The number of hydrogen-bond donors (Lipinski definition) is 1. The second-order valence-corrected chi connectivity index (χ2v) is 4.20. The molecule has 0 bridgehead atoms. The van der Waals surface area contributed by atoms with Gasteiger partial charge in [-0.15, -0.1) is 0 Å². The van der Waals surface area contributed by atoms with Crippen molar-refractivity contribution in [2.24, 2.45) is 0 Å². The van der Waals surface area contributed by atoms with Gasteiger partial charge in [0.1, 0.15) is 0 Å². The van der Waals surface area contributed by atoms with E-state index in [9.17, 15) is 18.3 Å². The summed E-state index contributed by atoms with van der Waals surface area (Å²) in [6.07, 6.45) is -4.41. The first-order chi connectivity index (χ1) is 8.91. The van der Waals surface area contributed by atoms with Gasteiger partial charge in [-0.1, -0.05) is 24.3 Å². The average Bonchev–Trinajstić information content (AvgIpc) is 2.37. The standard InChI is InChI=1S/C14H12F3NO/c1-9-6-11(14(15,16)17)7-13(18-9)12-5-3-2-4-10(12)8-19/h2-7,19H,8H2,1H3. The van der Waals surface area contributed by atoms with Gasteiger partial charge in [-0.25, -0.2) is 0 Å². The van der Waals surface area contributed by atoms with Crippen LogP contribution in [-0.2, 0) is 12.8 Å². The van der Waals surface area contributed by atoms with Crippen molar-refractivity contribution in [3.63, 3.8) is 0 Å². The van der Waals surface area contributed by atoms with Gasteiger partial charge in [0.15, 0.2) is 0 Å². The predicted octanol–water partition coefficient (Wildman–Crippen LogP) is 3.57. The highest BCUT2D eigenvalue weighted by Gasteiger charge is 2.31. The Kier molecular flexibility index (Phi) is 3.57. The average molecular weight is 267 g/mol. The van der Waals surface area contributed by atoms with E-state index in [4.69, 9.17) is 0 Å². The molecule has 2 nitrogen and oxygen atoms in total. The van der Waals surface area contributed by atoms with Gasteiger partial charge in [-0.05, 0) is 24.6 Å². The molecule has 1 heterocycles. The maximum atomic E-state index is 12.8. The van der Waals surface area contributed by atoms with Crippen LogP contribution in [0.15, 0.2) is 36.4 Å². The number of rotatable bonds is 2. The van der Waals surface area contributed by atoms with Gasteiger partial charge < -0.3 is 5.11 Å². The van der Waals surface area contributed by atoms with Crippen LogP contribution in [0.2, 0.25) is 0 Å². The molecule has 0 atom stereocenters. The van der Waals surface area contributed by atoms with Crippen LogP contribution in [0.3, 0.4) is 0 Å². The van der Waals surface area contributed by atoms with Crippen LogP contribution in [0, 0.1) is 6.92 Å². The lowest BCUT2D eigenvalue weighted by Gasteiger charge is -2.12. The summed E-state index contributed by atoms with van der Waals surface area (Å²) in [6, 6.07) is 8.73. The fourth-order valence-electron chi connectivity index (χ4n) is 1.88. The summed E-state index contributed by atoms with van der Waals surface area (Å²) >= 11 is 0. The van der Waals surface area contributed by atoms with E-state index in [0.29, 0.717) is 11.1 Å². The summed E-state index contributed by atoms with van der Waals surface area (Å²) in [5.74, 6) is 0. The number of halogens is 3. The Hall–Kier alpha value is -1.88. The minimum absolute atomic E-state index is 0.219. The summed E-state index contributed by atoms with van der Waals surface area (Å²) in [6.45, 7) is 1.27. The maximum Gasteiger partial charge on any atom is 0.416 e. The molecule has 0 fully saturated rings. The molecule has 0 amide bonds. The molecule has 1 aromatic heterocycles. The highest BCUT2D eigenvalue weighted by Crippen LogP contribution is 2.32. The van der Waals surface area contributed by atoms with Crippen molar-refractivity contribution in [1.82, 2.24) is 4.98 Å². The Morgan fingerprint density at radius 2 is 1.84 bits per heavy atom. The summed E-state index contributed by atoms with van der Waals surface area (Å²) in [5.41, 5.74) is 0.838. The molecule has 0 aliphatic rings. The van der Waals surface area contributed by atoms with Gasteiger partial charge in [0.25, 0.3) is 0 Å². The number of aryl methyl sites for hydroxylation is 1. The molecule has 0 unspecified atom stereocenters. The summed E-state index contributed by atoms with van der Waals surface area (Å²) in [7, 11) is 0. The van der Waals surface area contributed by atoms with E-state index in [1.807, 2.05) is 0 Å². The molecule has 100 valence electrons. The molecule has 0 spiro atoms. The summed E-state index contributed by atoms with van der Waals surface area (Å²) in [5, 5.41) is 9.23. The van der Waals surface area contributed by atoms with Crippen LogP contribution < -0.4 is 0 Å². The van der Waals surface area contributed by atoms with Gasteiger partial charge in [0.05, 0.1) is 17.9 Å². The van der Waals surface area contributed by atoms with Crippen molar-refractivity contribution < 1.29 is 18.3 Å². The summed E-state index contributed by atoms with van der Waals surface area (Å²) < 4.78 is 38.3. The fraction of sp³-hybridized carbons (Fsp3) is 0.214. The van der Waals surface area contributed by atoms with E-state index in [1.54, 1.807) is 24.3 Å².